The van der Waals surface area contributed by atoms with E-state index in [1.54, 1.807) is 11.8 Å². The maximum Gasteiger partial charge on any atom is 0.335 e. The Labute approximate surface area is 105 Å². The molecule has 0 aliphatic carbocycles. The van der Waals surface area contributed by atoms with Crippen molar-refractivity contribution in [1.82, 2.24) is 0 Å². The third-order valence-corrected chi connectivity index (χ3v) is 3.97. The number of carboxylic acids is 1. The van der Waals surface area contributed by atoms with Crippen LogP contribution in [0.1, 0.15) is 36.2 Å². The van der Waals surface area contributed by atoms with Gasteiger partial charge in [0.1, 0.15) is 5.82 Å². The Kier molecular flexibility index (Phi) is 5.48. The van der Waals surface area contributed by atoms with Crippen LogP contribution < -0.4 is 0 Å². The van der Waals surface area contributed by atoms with E-state index in [2.05, 4.69) is 13.8 Å². The fourth-order valence-electron chi connectivity index (χ4n) is 1.31. The van der Waals surface area contributed by atoms with E-state index >= 15 is 0 Å². The van der Waals surface area contributed by atoms with Crippen molar-refractivity contribution in [2.24, 2.45) is 5.92 Å². The summed E-state index contributed by atoms with van der Waals surface area (Å²) in [7, 11) is 0. The molecule has 0 amide bonds. The zero-order valence-corrected chi connectivity index (χ0v) is 10.9. The van der Waals surface area contributed by atoms with Crippen LogP contribution in [0.15, 0.2) is 18.2 Å². The van der Waals surface area contributed by atoms with Crippen LogP contribution in [0.25, 0.3) is 0 Å². The largest absolute Gasteiger partial charge is 0.478 e. The standard InChI is InChI=1S/C13H17FO2S/c1-3-9(2)7-17-8-11-6-10(13(15)16)4-5-12(11)14/h4-6,9H,3,7-8H2,1-2H3,(H,15,16). The highest BCUT2D eigenvalue weighted by atomic mass is 32.2. The summed E-state index contributed by atoms with van der Waals surface area (Å²) in [5.41, 5.74) is 0.615. The molecule has 0 fully saturated rings. The summed E-state index contributed by atoms with van der Waals surface area (Å²) in [5, 5.41) is 8.82. The van der Waals surface area contributed by atoms with E-state index in [4.69, 9.17) is 5.11 Å². The predicted octanol–water partition coefficient (Wildman–Crippen LogP) is 3.80. The molecule has 0 spiro atoms. The third kappa shape index (κ3) is 4.38. The highest BCUT2D eigenvalue weighted by Gasteiger charge is 2.09. The quantitative estimate of drug-likeness (QED) is 0.841. The lowest BCUT2D eigenvalue weighted by Crippen LogP contribution is -2.00. The maximum absolute atomic E-state index is 13.4. The first-order valence-corrected chi connectivity index (χ1v) is 6.79. The molecule has 2 nitrogen and oxygen atoms in total. The highest BCUT2D eigenvalue weighted by molar-refractivity contribution is 7.98. The van der Waals surface area contributed by atoms with Crippen LogP contribution in [0.4, 0.5) is 4.39 Å². The van der Waals surface area contributed by atoms with Crippen molar-refractivity contribution in [3.05, 3.63) is 35.1 Å². The second-order valence-corrected chi connectivity index (χ2v) is 5.17. The Bertz CT molecular complexity index is 393. The number of halogens is 1. The van der Waals surface area contributed by atoms with Crippen LogP contribution >= 0.6 is 11.8 Å². The molecule has 0 saturated carbocycles. The average Bonchev–Trinajstić information content (AvgIpc) is 2.30. The van der Waals surface area contributed by atoms with Crippen molar-refractivity contribution in [3.63, 3.8) is 0 Å². The Morgan fingerprint density at radius 1 is 1.53 bits per heavy atom. The molecule has 17 heavy (non-hydrogen) atoms. The van der Waals surface area contributed by atoms with Crippen molar-refractivity contribution in [2.75, 3.05) is 5.75 Å². The van der Waals surface area contributed by atoms with Gasteiger partial charge in [0.15, 0.2) is 0 Å². The molecule has 1 aromatic rings. The minimum Gasteiger partial charge on any atom is -0.478 e. The lowest BCUT2D eigenvalue weighted by molar-refractivity contribution is 0.0696. The minimum absolute atomic E-state index is 0.144. The SMILES string of the molecule is CCC(C)CSCc1cc(C(=O)O)ccc1F. The van der Waals surface area contributed by atoms with Crippen molar-refractivity contribution < 1.29 is 14.3 Å². The first-order chi connectivity index (χ1) is 8.04. The Balaban J connectivity index is 2.63. The van der Waals surface area contributed by atoms with Crippen LogP contribution in [0.2, 0.25) is 0 Å². The van der Waals surface area contributed by atoms with E-state index < -0.39 is 5.97 Å². The summed E-state index contributed by atoms with van der Waals surface area (Å²) in [6, 6.07) is 3.93. The molecule has 4 heteroatoms. The van der Waals surface area contributed by atoms with Gasteiger partial charge in [-0.05, 0) is 35.4 Å². The Hall–Kier alpha value is -1.03. The molecule has 0 radical (unpaired) electrons. The summed E-state index contributed by atoms with van der Waals surface area (Å²) in [6.45, 7) is 4.27. The fraction of sp³-hybridized carbons (Fsp3) is 0.462. The smallest absolute Gasteiger partial charge is 0.335 e. The van der Waals surface area contributed by atoms with E-state index in [1.165, 1.54) is 18.2 Å². The molecule has 0 aliphatic heterocycles. The van der Waals surface area contributed by atoms with E-state index in [-0.39, 0.29) is 11.4 Å². The number of hydrogen-bond acceptors (Lipinski definition) is 2. The predicted molar refractivity (Wildman–Crippen MR) is 69.0 cm³/mol. The third-order valence-electron chi connectivity index (χ3n) is 2.65. The van der Waals surface area contributed by atoms with Crippen LogP contribution in [-0.2, 0) is 5.75 Å². The summed E-state index contributed by atoms with van der Waals surface area (Å²) < 4.78 is 13.4. The monoisotopic (exact) mass is 256 g/mol. The van der Waals surface area contributed by atoms with Gasteiger partial charge in [0, 0.05) is 5.75 Å². The second kappa shape index (κ2) is 6.64. The van der Waals surface area contributed by atoms with Crippen LogP contribution in [0.5, 0.6) is 0 Å². The molecule has 1 aromatic carbocycles. The van der Waals surface area contributed by atoms with Gasteiger partial charge in [-0.3, -0.25) is 0 Å². The molecule has 0 bridgehead atoms. The number of hydrogen-bond donors (Lipinski definition) is 1. The lowest BCUT2D eigenvalue weighted by Gasteiger charge is -2.08. The molecule has 1 unspecified atom stereocenters. The van der Waals surface area contributed by atoms with Crippen LogP contribution in [-0.4, -0.2) is 16.8 Å². The number of carboxylic acid groups (broad SMARTS) is 1. The van der Waals surface area contributed by atoms with E-state index in [9.17, 15) is 9.18 Å². The van der Waals surface area contributed by atoms with E-state index in [0.29, 0.717) is 17.2 Å². The molecule has 0 saturated heterocycles. The fourth-order valence-corrected chi connectivity index (χ4v) is 2.50. The highest BCUT2D eigenvalue weighted by Crippen LogP contribution is 2.20. The molecule has 1 N–H and O–H groups in total. The van der Waals surface area contributed by atoms with Gasteiger partial charge in [0.05, 0.1) is 5.56 Å². The number of benzene rings is 1. The summed E-state index contributed by atoms with van der Waals surface area (Å²) >= 11 is 1.64. The summed E-state index contributed by atoms with van der Waals surface area (Å²) in [5.74, 6) is 0.750. The summed E-state index contributed by atoms with van der Waals surface area (Å²) in [4.78, 5) is 10.8. The van der Waals surface area contributed by atoms with Crippen molar-refractivity contribution in [3.8, 4) is 0 Å². The van der Waals surface area contributed by atoms with Gasteiger partial charge < -0.3 is 5.11 Å². The average molecular weight is 256 g/mol. The summed E-state index contributed by atoms with van der Waals surface area (Å²) in [6.07, 6.45) is 1.10. The molecule has 1 rings (SSSR count). The lowest BCUT2D eigenvalue weighted by atomic mass is 10.1. The minimum atomic E-state index is -1.02. The molecular weight excluding hydrogens is 239 g/mol. The normalized spacial score (nSPS) is 12.4. The van der Waals surface area contributed by atoms with Crippen molar-refractivity contribution >= 4 is 17.7 Å². The molecule has 0 aliphatic rings. The van der Waals surface area contributed by atoms with E-state index in [1.807, 2.05) is 0 Å². The second-order valence-electron chi connectivity index (χ2n) is 4.14. The van der Waals surface area contributed by atoms with Crippen molar-refractivity contribution in [2.45, 2.75) is 26.0 Å². The number of aromatic carboxylic acids is 1. The zero-order chi connectivity index (χ0) is 12.8. The van der Waals surface area contributed by atoms with Crippen LogP contribution in [0, 0.1) is 11.7 Å². The molecule has 94 valence electrons. The van der Waals surface area contributed by atoms with Gasteiger partial charge in [-0.15, -0.1) is 0 Å². The topological polar surface area (TPSA) is 37.3 Å². The molecule has 0 heterocycles. The number of carbonyl (C=O) groups is 1. The van der Waals surface area contributed by atoms with E-state index in [0.717, 1.165) is 12.2 Å². The van der Waals surface area contributed by atoms with Crippen LogP contribution in [0.3, 0.4) is 0 Å². The van der Waals surface area contributed by atoms with Gasteiger partial charge in [0.2, 0.25) is 0 Å². The zero-order valence-electron chi connectivity index (χ0n) is 10.1. The molecular formula is C13H17FO2S. The molecule has 0 aromatic heterocycles. The maximum atomic E-state index is 13.4. The van der Waals surface area contributed by atoms with Gasteiger partial charge in [-0.2, -0.15) is 11.8 Å². The van der Waals surface area contributed by atoms with Crippen molar-refractivity contribution in [1.29, 1.82) is 0 Å². The number of thioether (sulfide) groups is 1. The Morgan fingerprint density at radius 3 is 2.82 bits per heavy atom. The Morgan fingerprint density at radius 2 is 2.24 bits per heavy atom. The van der Waals surface area contributed by atoms with Gasteiger partial charge in [-0.1, -0.05) is 20.3 Å². The molecule has 1 atom stereocenters. The first-order valence-electron chi connectivity index (χ1n) is 5.64. The number of rotatable bonds is 6. The van der Waals surface area contributed by atoms with Gasteiger partial charge in [0.25, 0.3) is 0 Å². The first kappa shape index (κ1) is 14.0. The van der Waals surface area contributed by atoms with Gasteiger partial charge in [-0.25, -0.2) is 9.18 Å². The van der Waals surface area contributed by atoms with Gasteiger partial charge >= 0.3 is 5.97 Å².